The van der Waals surface area contributed by atoms with E-state index in [4.69, 9.17) is 4.74 Å². The molecule has 0 saturated heterocycles. The van der Waals surface area contributed by atoms with Crippen LogP contribution in [0.4, 0.5) is 0 Å². The van der Waals surface area contributed by atoms with Gasteiger partial charge in [0, 0.05) is 0 Å². The van der Waals surface area contributed by atoms with Crippen molar-refractivity contribution in [1.29, 1.82) is 0 Å². The van der Waals surface area contributed by atoms with Crippen molar-refractivity contribution in [3.63, 3.8) is 0 Å². The zero-order valence-electron chi connectivity index (χ0n) is 21.0. The highest BCUT2D eigenvalue weighted by Gasteiger charge is 2.28. The maximum atomic E-state index is 6.08. The van der Waals surface area contributed by atoms with Gasteiger partial charge in [-0.05, 0) is 105 Å². The van der Waals surface area contributed by atoms with Gasteiger partial charge < -0.3 is 4.74 Å². The first-order valence-electron chi connectivity index (χ1n) is 14.0. The van der Waals surface area contributed by atoms with E-state index in [9.17, 15) is 0 Å². The summed E-state index contributed by atoms with van der Waals surface area (Å²) in [5, 5.41) is 0. The third kappa shape index (κ3) is 7.54. The molecule has 176 valence electrons. The molecule has 2 aliphatic carbocycles. The van der Waals surface area contributed by atoms with Gasteiger partial charge >= 0.3 is 0 Å². The van der Waals surface area contributed by atoms with Crippen LogP contribution in [0.2, 0.25) is 0 Å². The number of hydrogen-bond acceptors (Lipinski definition) is 1. The Morgan fingerprint density at radius 2 is 1.23 bits per heavy atom. The fraction of sp³-hybridized carbons (Fsp3) is 0.800. The molecule has 3 rings (SSSR count). The predicted octanol–water partition coefficient (Wildman–Crippen LogP) is 9.79. The summed E-state index contributed by atoms with van der Waals surface area (Å²) >= 11 is 0. The van der Waals surface area contributed by atoms with Crippen molar-refractivity contribution in [2.75, 3.05) is 6.61 Å². The molecular formula is C30H50O. The lowest BCUT2D eigenvalue weighted by molar-refractivity contribution is 0.289. The molecule has 1 nitrogen and oxygen atoms in total. The number of rotatable bonds is 12. The van der Waals surface area contributed by atoms with Crippen LogP contribution in [0.5, 0.6) is 5.75 Å². The van der Waals surface area contributed by atoms with Crippen LogP contribution >= 0.6 is 0 Å². The molecular weight excluding hydrogens is 376 g/mol. The van der Waals surface area contributed by atoms with Crippen LogP contribution in [-0.2, 0) is 0 Å². The van der Waals surface area contributed by atoms with Gasteiger partial charge in [-0.2, -0.15) is 0 Å². The van der Waals surface area contributed by atoms with Crippen molar-refractivity contribution in [2.45, 2.75) is 135 Å². The molecule has 0 N–H and O–H groups in total. The van der Waals surface area contributed by atoms with E-state index < -0.39 is 0 Å². The first-order valence-corrected chi connectivity index (χ1v) is 14.0. The van der Waals surface area contributed by atoms with Gasteiger partial charge in [0.25, 0.3) is 0 Å². The molecule has 1 aromatic rings. The summed E-state index contributed by atoms with van der Waals surface area (Å²) in [6.45, 7) is 7.69. The lowest BCUT2D eigenvalue weighted by Gasteiger charge is -2.34. The number of benzene rings is 1. The van der Waals surface area contributed by atoms with E-state index in [2.05, 4.69) is 39.0 Å². The highest BCUT2D eigenvalue weighted by Crippen LogP contribution is 2.45. The minimum absolute atomic E-state index is 0.764. The van der Waals surface area contributed by atoms with Crippen molar-refractivity contribution in [3.05, 3.63) is 29.3 Å². The summed E-state index contributed by atoms with van der Waals surface area (Å²) in [7, 11) is 0. The monoisotopic (exact) mass is 426 g/mol. The second-order valence-electron chi connectivity index (χ2n) is 10.7. The third-order valence-electron chi connectivity index (χ3n) is 8.29. The van der Waals surface area contributed by atoms with E-state index in [0.29, 0.717) is 0 Å². The summed E-state index contributed by atoms with van der Waals surface area (Å²) < 4.78 is 6.08. The number of unbranched alkanes of at least 4 members (excludes halogenated alkanes) is 3. The zero-order valence-corrected chi connectivity index (χ0v) is 21.0. The van der Waals surface area contributed by atoms with E-state index in [-0.39, 0.29) is 0 Å². The molecule has 1 aromatic carbocycles. The Labute approximate surface area is 193 Å². The third-order valence-corrected chi connectivity index (χ3v) is 8.29. The van der Waals surface area contributed by atoms with Crippen LogP contribution in [0.3, 0.4) is 0 Å². The van der Waals surface area contributed by atoms with Gasteiger partial charge in [-0.25, -0.2) is 0 Å². The largest absolute Gasteiger partial charge is 0.494 e. The van der Waals surface area contributed by atoms with E-state index in [1.807, 2.05) is 0 Å². The Kier molecular flexibility index (Phi) is 10.8. The topological polar surface area (TPSA) is 9.23 Å². The Hall–Kier alpha value is -0.980. The van der Waals surface area contributed by atoms with Gasteiger partial charge in [0.1, 0.15) is 5.75 Å². The van der Waals surface area contributed by atoms with Crippen LogP contribution in [0, 0.1) is 11.8 Å². The predicted molar refractivity (Wildman–Crippen MR) is 135 cm³/mol. The maximum Gasteiger partial charge on any atom is 0.119 e. The lowest BCUT2D eigenvalue weighted by atomic mass is 9.71. The molecule has 31 heavy (non-hydrogen) atoms. The summed E-state index contributed by atoms with van der Waals surface area (Å²) in [6.07, 6.45) is 22.4. The summed E-state index contributed by atoms with van der Waals surface area (Å²) in [5.41, 5.74) is 3.35. The van der Waals surface area contributed by atoms with Crippen molar-refractivity contribution in [3.8, 4) is 5.75 Å². The molecule has 0 aliphatic heterocycles. The van der Waals surface area contributed by atoms with Crippen molar-refractivity contribution in [1.82, 2.24) is 0 Å². The second kappa shape index (κ2) is 13.5. The molecule has 0 heterocycles. The lowest BCUT2D eigenvalue weighted by Crippen LogP contribution is -2.18. The van der Waals surface area contributed by atoms with Gasteiger partial charge in [0.15, 0.2) is 0 Å². The first-order chi connectivity index (χ1) is 15.2. The molecule has 0 bridgehead atoms. The Balaban J connectivity index is 1.66. The second-order valence-corrected chi connectivity index (χ2v) is 10.7. The minimum Gasteiger partial charge on any atom is -0.494 e. The molecule has 1 heteroatoms. The summed E-state index contributed by atoms with van der Waals surface area (Å²) in [6, 6.07) is 7.19. The standard InChI is InChI=1S/C30H50O/c1-4-7-9-11-25-14-18-27(19-15-25)30-23-28(31-22-6-3)20-21-29(30)26-16-12-24(13-17-26)10-8-5-2/h20-21,23-27H,4-19,22H2,1-3H3. The maximum absolute atomic E-state index is 6.08. The molecule has 2 saturated carbocycles. The minimum atomic E-state index is 0.764. The highest BCUT2D eigenvalue weighted by molar-refractivity contribution is 5.40. The summed E-state index contributed by atoms with van der Waals surface area (Å²) in [4.78, 5) is 0. The van der Waals surface area contributed by atoms with Crippen molar-refractivity contribution < 1.29 is 4.74 Å². The highest BCUT2D eigenvalue weighted by atomic mass is 16.5. The smallest absolute Gasteiger partial charge is 0.119 e. The van der Waals surface area contributed by atoms with Gasteiger partial charge in [0.2, 0.25) is 0 Å². The summed E-state index contributed by atoms with van der Waals surface area (Å²) in [5.74, 6) is 4.64. The van der Waals surface area contributed by atoms with E-state index in [0.717, 1.165) is 42.4 Å². The SMILES string of the molecule is CCCCCC1CCC(c2cc(OCCC)ccc2C2CCC(CCCC)CC2)CC1. The van der Waals surface area contributed by atoms with E-state index in [1.165, 1.54) is 96.3 Å². The zero-order chi connectivity index (χ0) is 21.9. The Bertz CT molecular complexity index is 605. The number of hydrogen-bond donors (Lipinski definition) is 0. The Morgan fingerprint density at radius 1 is 0.645 bits per heavy atom. The molecule has 0 radical (unpaired) electrons. The van der Waals surface area contributed by atoms with Gasteiger partial charge in [-0.3, -0.25) is 0 Å². The molecule has 0 aromatic heterocycles. The molecule has 2 fully saturated rings. The van der Waals surface area contributed by atoms with Gasteiger partial charge in [0.05, 0.1) is 6.61 Å². The van der Waals surface area contributed by atoms with Crippen molar-refractivity contribution >= 4 is 0 Å². The quantitative estimate of drug-likeness (QED) is 0.302. The fourth-order valence-corrected chi connectivity index (χ4v) is 6.29. The van der Waals surface area contributed by atoms with Gasteiger partial charge in [-0.1, -0.05) is 71.8 Å². The average Bonchev–Trinajstić information content (AvgIpc) is 2.82. The Morgan fingerprint density at radius 3 is 1.81 bits per heavy atom. The molecule has 0 unspecified atom stereocenters. The van der Waals surface area contributed by atoms with Crippen molar-refractivity contribution in [2.24, 2.45) is 11.8 Å². The van der Waals surface area contributed by atoms with E-state index >= 15 is 0 Å². The van der Waals surface area contributed by atoms with Crippen LogP contribution in [0.15, 0.2) is 18.2 Å². The molecule has 0 amide bonds. The molecule has 0 atom stereocenters. The van der Waals surface area contributed by atoms with Crippen LogP contribution in [-0.4, -0.2) is 6.61 Å². The molecule has 0 spiro atoms. The fourth-order valence-electron chi connectivity index (χ4n) is 6.29. The van der Waals surface area contributed by atoms with Crippen LogP contribution in [0.25, 0.3) is 0 Å². The number of ether oxygens (including phenoxy) is 1. The van der Waals surface area contributed by atoms with E-state index in [1.54, 1.807) is 11.1 Å². The van der Waals surface area contributed by atoms with Gasteiger partial charge in [-0.15, -0.1) is 0 Å². The average molecular weight is 427 g/mol. The van der Waals surface area contributed by atoms with Crippen LogP contribution in [0.1, 0.15) is 146 Å². The normalized spacial score (nSPS) is 26.7. The molecule has 2 aliphatic rings. The first kappa shape index (κ1) is 24.7. The van der Waals surface area contributed by atoms with Crippen LogP contribution < -0.4 is 4.74 Å².